The van der Waals surface area contributed by atoms with Gasteiger partial charge in [-0.15, -0.1) is 0 Å². The third-order valence-corrected chi connectivity index (χ3v) is 1.50. The maximum atomic E-state index is 4.48. The van der Waals surface area contributed by atoms with E-state index in [1.165, 1.54) is 5.71 Å². The quantitative estimate of drug-likeness (QED) is 0.534. The fourth-order valence-electron chi connectivity index (χ4n) is 0.785. The molecule has 10 heavy (non-hydrogen) atoms. The smallest absolute Gasteiger partial charge is 0.0411 e. The van der Waals surface area contributed by atoms with Crippen molar-refractivity contribution in [2.75, 3.05) is 6.54 Å². The van der Waals surface area contributed by atoms with Gasteiger partial charge in [0.25, 0.3) is 0 Å². The van der Waals surface area contributed by atoms with E-state index >= 15 is 0 Å². The Labute approximate surface area is 64.6 Å². The fourth-order valence-corrected chi connectivity index (χ4v) is 0.785. The minimum absolute atomic E-state index is 0.702. The lowest BCUT2D eigenvalue weighted by Gasteiger charge is -2.01. The largest absolute Gasteiger partial charge is 0.294 e. The van der Waals surface area contributed by atoms with Crippen molar-refractivity contribution in [1.82, 2.24) is 0 Å². The van der Waals surface area contributed by atoms with E-state index in [-0.39, 0.29) is 0 Å². The lowest BCUT2D eigenvalue weighted by molar-refractivity contribution is 0.663. The van der Waals surface area contributed by atoms with Crippen LogP contribution in [0.2, 0.25) is 0 Å². The monoisotopic (exact) mass is 141 g/mol. The van der Waals surface area contributed by atoms with Gasteiger partial charge in [-0.05, 0) is 18.8 Å². The van der Waals surface area contributed by atoms with E-state index in [2.05, 4.69) is 32.7 Å². The minimum Gasteiger partial charge on any atom is -0.294 e. The summed E-state index contributed by atoms with van der Waals surface area (Å²) in [4.78, 5) is 4.48. The van der Waals surface area contributed by atoms with Crippen molar-refractivity contribution in [2.45, 2.75) is 40.5 Å². The molecule has 0 aliphatic rings. The van der Waals surface area contributed by atoms with Gasteiger partial charge in [0.1, 0.15) is 0 Å². The number of hydrogen-bond acceptors (Lipinski definition) is 1. The summed E-state index contributed by atoms with van der Waals surface area (Å²) >= 11 is 0. The Morgan fingerprint density at radius 2 is 1.70 bits per heavy atom. The molecule has 0 aliphatic heterocycles. The first kappa shape index (κ1) is 9.67. The molecule has 0 atom stereocenters. The van der Waals surface area contributed by atoms with Crippen molar-refractivity contribution in [3.8, 4) is 0 Å². The van der Waals surface area contributed by atoms with Gasteiger partial charge >= 0.3 is 0 Å². The first-order chi connectivity index (χ1) is 4.70. The van der Waals surface area contributed by atoms with Crippen molar-refractivity contribution in [1.29, 1.82) is 0 Å². The van der Waals surface area contributed by atoms with Crippen molar-refractivity contribution < 1.29 is 0 Å². The average molecular weight is 141 g/mol. The Balaban J connectivity index is 3.63. The molecule has 0 radical (unpaired) electrons. The standard InChI is InChI=1S/C9H19N/c1-5-9(6-2)10-7-8(3)4/h8H,5-7H2,1-4H3. The molecular formula is C9H19N. The molecule has 0 fully saturated rings. The second kappa shape index (κ2) is 5.45. The van der Waals surface area contributed by atoms with Gasteiger partial charge in [0.2, 0.25) is 0 Å². The highest BCUT2D eigenvalue weighted by Crippen LogP contribution is 1.96. The first-order valence-corrected chi connectivity index (χ1v) is 4.22. The molecule has 0 saturated carbocycles. The van der Waals surface area contributed by atoms with Gasteiger partial charge in [0.15, 0.2) is 0 Å². The van der Waals surface area contributed by atoms with Gasteiger partial charge in [-0.25, -0.2) is 0 Å². The van der Waals surface area contributed by atoms with Gasteiger partial charge in [-0.2, -0.15) is 0 Å². The molecule has 0 aliphatic carbocycles. The third-order valence-electron chi connectivity index (χ3n) is 1.50. The Bertz CT molecular complexity index is 97.3. The molecule has 0 heterocycles. The normalized spacial score (nSPS) is 10.1. The molecule has 0 spiro atoms. The zero-order valence-electron chi connectivity index (χ0n) is 7.65. The SMILES string of the molecule is CCC(CC)=NCC(C)C. The summed E-state index contributed by atoms with van der Waals surface area (Å²) in [5.41, 5.74) is 1.36. The maximum absolute atomic E-state index is 4.48. The van der Waals surface area contributed by atoms with Crippen LogP contribution in [0, 0.1) is 5.92 Å². The average Bonchev–Trinajstić information content (AvgIpc) is 1.90. The van der Waals surface area contributed by atoms with E-state index in [4.69, 9.17) is 0 Å². The molecule has 0 amide bonds. The second-order valence-electron chi connectivity index (χ2n) is 3.01. The second-order valence-corrected chi connectivity index (χ2v) is 3.01. The summed E-state index contributed by atoms with van der Waals surface area (Å²) in [6.45, 7) is 9.74. The summed E-state index contributed by atoms with van der Waals surface area (Å²) in [7, 11) is 0. The van der Waals surface area contributed by atoms with Crippen molar-refractivity contribution >= 4 is 5.71 Å². The van der Waals surface area contributed by atoms with Crippen molar-refractivity contribution in [3.63, 3.8) is 0 Å². The lowest BCUT2D eigenvalue weighted by atomic mass is 10.2. The van der Waals surface area contributed by atoms with Gasteiger partial charge in [-0.1, -0.05) is 27.7 Å². The number of nitrogens with zero attached hydrogens (tertiary/aromatic N) is 1. The van der Waals surface area contributed by atoms with Crippen LogP contribution >= 0.6 is 0 Å². The van der Waals surface area contributed by atoms with Gasteiger partial charge < -0.3 is 0 Å². The summed E-state index contributed by atoms with van der Waals surface area (Å²) in [6, 6.07) is 0. The molecule has 1 heteroatoms. The summed E-state index contributed by atoms with van der Waals surface area (Å²) in [6.07, 6.45) is 2.23. The van der Waals surface area contributed by atoms with E-state index < -0.39 is 0 Å². The van der Waals surface area contributed by atoms with Crippen LogP contribution < -0.4 is 0 Å². The van der Waals surface area contributed by atoms with Gasteiger partial charge in [0, 0.05) is 12.3 Å². The molecule has 0 N–H and O–H groups in total. The van der Waals surface area contributed by atoms with Crippen LogP contribution in [0.15, 0.2) is 4.99 Å². The molecule has 0 rings (SSSR count). The molecule has 0 bridgehead atoms. The Kier molecular flexibility index (Phi) is 5.27. The molecule has 1 nitrogen and oxygen atoms in total. The molecule has 0 saturated heterocycles. The van der Waals surface area contributed by atoms with Crippen molar-refractivity contribution in [3.05, 3.63) is 0 Å². The summed E-state index contributed by atoms with van der Waals surface area (Å²) < 4.78 is 0. The van der Waals surface area contributed by atoms with Crippen LogP contribution in [0.25, 0.3) is 0 Å². The molecule has 0 aromatic carbocycles. The summed E-state index contributed by atoms with van der Waals surface area (Å²) in [5.74, 6) is 0.702. The van der Waals surface area contributed by atoms with Gasteiger partial charge in [-0.3, -0.25) is 4.99 Å². The van der Waals surface area contributed by atoms with E-state index in [1.807, 2.05) is 0 Å². The van der Waals surface area contributed by atoms with Crippen LogP contribution in [-0.4, -0.2) is 12.3 Å². The zero-order valence-corrected chi connectivity index (χ0v) is 7.65. The Morgan fingerprint density at radius 3 is 2.00 bits per heavy atom. The van der Waals surface area contributed by atoms with E-state index in [9.17, 15) is 0 Å². The molecule has 0 aromatic rings. The summed E-state index contributed by atoms with van der Waals surface area (Å²) in [5, 5.41) is 0. The van der Waals surface area contributed by atoms with Crippen LogP contribution in [-0.2, 0) is 0 Å². The molecular weight excluding hydrogens is 122 g/mol. The first-order valence-electron chi connectivity index (χ1n) is 4.22. The van der Waals surface area contributed by atoms with Crippen molar-refractivity contribution in [2.24, 2.45) is 10.9 Å². The van der Waals surface area contributed by atoms with Crippen LogP contribution in [0.4, 0.5) is 0 Å². The number of aliphatic imine (C=N–C) groups is 1. The maximum Gasteiger partial charge on any atom is 0.0411 e. The highest BCUT2D eigenvalue weighted by Gasteiger charge is 1.93. The molecule has 0 aromatic heterocycles. The fraction of sp³-hybridized carbons (Fsp3) is 0.889. The zero-order chi connectivity index (χ0) is 7.98. The predicted molar refractivity (Wildman–Crippen MR) is 47.7 cm³/mol. The van der Waals surface area contributed by atoms with Gasteiger partial charge in [0.05, 0.1) is 0 Å². The highest BCUT2D eigenvalue weighted by atomic mass is 14.7. The number of rotatable bonds is 4. The van der Waals surface area contributed by atoms with E-state index in [0.29, 0.717) is 5.92 Å². The van der Waals surface area contributed by atoms with Crippen LogP contribution in [0.3, 0.4) is 0 Å². The molecule has 0 unspecified atom stereocenters. The van der Waals surface area contributed by atoms with E-state index in [0.717, 1.165) is 19.4 Å². The predicted octanol–water partition coefficient (Wildman–Crippen LogP) is 2.90. The minimum atomic E-state index is 0.702. The highest BCUT2D eigenvalue weighted by molar-refractivity contribution is 5.83. The Hall–Kier alpha value is -0.330. The third kappa shape index (κ3) is 4.54. The van der Waals surface area contributed by atoms with E-state index in [1.54, 1.807) is 0 Å². The van der Waals surface area contributed by atoms with Crippen LogP contribution in [0.5, 0.6) is 0 Å². The van der Waals surface area contributed by atoms with Crippen LogP contribution in [0.1, 0.15) is 40.5 Å². The molecule has 60 valence electrons. The number of hydrogen-bond donors (Lipinski definition) is 0. The topological polar surface area (TPSA) is 12.4 Å². The lowest BCUT2D eigenvalue weighted by Crippen LogP contribution is -1.99. The Morgan fingerprint density at radius 1 is 1.20 bits per heavy atom.